The lowest BCUT2D eigenvalue weighted by Crippen LogP contribution is -2.16. The molecule has 7 heteroatoms. The maximum atomic E-state index is 11.8. The normalized spacial score (nSPS) is 10.7. The quantitative estimate of drug-likeness (QED) is 0.152. The number of thiol groups is 1. The van der Waals surface area contributed by atoms with Crippen molar-refractivity contribution in [3.05, 3.63) is 64.7 Å². The lowest BCUT2D eigenvalue weighted by Gasteiger charge is -2.09. The van der Waals surface area contributed by atoms with E-state index in [1.165, 1.54) is 11.8 Å². The Bertz CT molecular complexity index is 983. The van der Waals surface area contributed by atoms with E-state index in [1.807, 2.05) is 30.3 Å². The zero-order chi connectivity index (χ0) is 23.2. The molecular formula is C25H28N2O3S2. The summed E-state index contributed by atoms with van der Waals surface area (Å²) in [6.45, 7) is 1.93. The Balaban J connectivity index is 1.95. The first-order valence-corrected chi connectivity index (χ1v) is 12.0. The van der Waals surface area contributed by atoms with Gasteiger partial charge >= 0.3 is 0 Å². The van der Waals surface area contributed by atoms with E-state index >= 15 is 0 Å². The molecule has 0 unspecified atom stereocenters. The third-order valence-electron chi connectivity index (χ3n) is 4.40. The monoisotopic (exact) mass is 468 g/mol. The zero-order valence-corrected chi connectivity index (χ0v) is 19.9. The van der Waals surface area contributed by atoms with Gasteiger partial charge in [-0.25, -0.2) is 5.43 Å². The van der Waals surface area contributed by atoms with E-state index in [2.05, 4.69) is 29.1 Å². The minimum absolute atomic E-state index is 0.0941. The van der Waals surface area contributed by atoms with E-state index in [0.29, 0.717) is 30.1 Å². The Labute approximate surface area is 199 Å². The second-order valence-corrected chi connectivity index (χ2v) is 8.75. The summed E-state index contributed by atoms with van der Waals surface area (Å²) in [5, 5.41) is 4.12. The number of carbonyl (C=O) groups excluding carboxylic acids is 2. The number of hydrogen-bond acceptors (Lipinski definition) is 6. The smallest absolute Gasteiger partial charge is 0.240 e. The van der Waals surface area contributed by atoms with E-state index < -0.39 is 0 Å². The first-order chi connectivity index (χ1) is 15.5. The highest BCUT2D eigenvalue weighted by Gasteiger charge is 2.04. The topological polar surface area (TPSA) is 67.8 Å². The van der Waals surface area contributed by atoms with Crippen LogP contribution in [0.2, 0.25) is 0 Å². The Hall–Kier alpha value is -2.69. The van der Waals surface area contributed by atoms with Crippen molar-refractivity contribution in [2.45, 2.75) is 45.0 Å². The standard InChI is InChI=1S/C25H28N2O3S2/c1-3-20-12-23(16-26-27-25(29)10-5-4-6-11-31)15-24(14-20)30-17-21-8-7-9-22(13-21)18-32-19(2)28/h1,7-9,12-16,31H,4-6,10-11,17-18H2,2H3,(H,27,29)/b26-16+. The largest absolute Gasteiger partial charge is 0.489 e. The summed E-state index contributed by atoms with van der Waals surface area (Å²) in [5.74, 6) is 4.58. The van der Waals surface area contributed by atoms with Crippen LogP contribution in [0.1, 0.15) is 54.9 Å². The van der Waals surface area contributed by atoms with Gasteiger partial charge in [-0.2, -0.15) is 17.7 Å². The maximum absolute atomic E-state index is 11.8. The van der Waals surface area contributed by atoms with Crippen molar-refractivity contribution in [2.24, 2.45) is 5.10 Å². The number of amides is 1. The summed E-state index contributed by atoms with van der Waals surface area (Å²) in [4.78, 5) is 23.0. The van der Waals surface area contributed by atoms with Gasteiger partial charge in [0.25, 0.3) is 0 Å². The number of rotatable bonds is 12. The molecule has 0 aliphatic carbocycles. The summed E-state index contributed by atoms with van der Waals surface area (Å²) in [6, 6.07) is 13.3. The highest BCUT2D eigenvalue weighted by atomic mass is 32.2. The van der Waals surface area contributed by atoms with E-state index in [-0.39, 0.29) is 11.0 Å². The molecule has 0 spiro atoms. The highest BCUT2D eigenvalue weighted by molar-refractivity contribution is 8.12. The fraction of sp³-hybridized carbons (Fsp3) is 0.320. The highest BCUT2D eigenvalue weighted by Crippen LogP contribution is 2.19. The van der Waals surface area contributed by atoms with Crippen LogP contribution >= 0.6 is 24.4 Å². The van der Waals surface area contributed by atoms with Crippen LogP contribution in [0, 0.1) is 12.3 Å². The van der Waals surface area contributed by atoms with Gasteiger partial charge < -0.3 is 4.74 Å². The fourth-order valence-electron chi connectivity index (χ4n) is 2.83. The molecule has 168 valence electrons. The van der Waals surface area contributed by atoms with Gasteiger partial charge in [0.2, 0.25) is 5.91 Å². The molecule has 0 atom stereocenters. The summed E-state index contributed by atoms with van der Waals surface area (Å²) in [6.07, 6.45) is 10.4. The van der Waals surface area contributed by atoms with Crippen molar-refractivity contribution >= 4 is 41.6 Å². The predicted molar refractivity (Wildman–Crippen MR) is 135 cm³/mol. The van der Waals surface area contributed by atoms with Crippen LogP contribution in [0.25, 0.3) is 0 Å². The maximum Gasteiger partial charge on any atom is 0.240 e. The van der Waals surface area contributed by atoms with Crippen LogP contribution in [0.15, 0.2) is 47.6 Å². The number of nitrogens with zero attached hydrogens (tertiary/aromatic N) is 1. The minimum Gasteiger partial charge on any atom is -0.489 e. The Morgan fingerprint density at radius 2 is 2.00 bits per heavy atom. The number of carbonyl (C=O) groups is 2. The first kappa shape index (κ1) is 25.6. The summed E-state index contributed by atoms with van der Waals surface area (Å²) >= 11 is 5.44. The van der Waals surface area contributed by atoms with Gasteiger partial charge in [-0.3, -0.25) is 9.59 Å². The molecule has 1 amide bonds. The van der Waals surface area contributed by atoms with Crippen LogP contribution in [-0.2, 0) is 21.9 Å². The fourth-order valence-corrected chi connectivity index (χ4v) is 3.61. The molecule has 0 saturated heterocycles. The summed E-state index contributed by atoms with van der Waals surface area (Å²) in [7, 11) is 0. The predicted octanol–water partition coefficient (Wildman–Crippen LogP) is 4.97. The molecule has 0 aromatic heterocycles. The molecule has 0 radical (unpaired) electrons. The van der Waals surface area contributed by atoms with Crippen molar-refractivity contribution < 1.29 is 14.3 Å². The average molecular weight is 469 g/mol. The van der Waals surface area contributed by atoms with Crippen LogP contribution in [-0.4, -0.2) is 23.0 Å². The average Bonchev–Trinajstić information content (AvgIpc) is 2.79. The van der Waals surface area contributed by atoms with Gasteiger partial charge in [0.05, 0.1) is 6.21 Å². The molecule has 32 heavy (non-hydrogen) atoms. The van der Waals surface area contributed by atoms with Crippen molar-refractivity contribution in [3.8, 4) is 18.1 Å². The van der Waals surface area contributed by atoms with E-state index in [4.69, 9.17) is 11.2 Å². The second kappa shape index (κ2) is 14.4. The van der Waals surface area contributed by atoms with Gasteiger partial charge in [0.15, 0.2) is 5.12 Å². The molecular weight excluding hydrogens is 440 g/mol. The van der Waals surface area contributed by atoms with Crippen LogP contribution in [0.5, 0.6) is 5.75 Å². The Kier molecular flexibility index (Phi) is 11.5. The Morgan fingerprint density at radius 3 is 2.75 bits per heavy atom. The molecule has 0 aliphatic rings. The van der Waals surface area contributed by atoms with Crippen molar-refractivity contribution in [1.82, 2.24) is 5.43 Å². The molecule has 0 bridgehead atoms. The van der Waals surface area contributed by atoms with Crippen molar-refractivity contribution in [3.63, 3.8) is 0 Å². The SMILES string of the molecule is C#Cc1cc(/C=N/NC(=O)CCCCCS)cc(OCc2cccc(CSC(C)=O)c2)c1. The summed E-state index contributed by atoms with van der Waals surface area (Å²) < 4.78 is 5.93. The summed E-state index contributed by atoms with van der Waals surface area (Å²) in [5.41, 5.74) is 6.00. The van der Waals surface area contributed by atoms with Crippen LogP contribution in [0.3, 0.4) is 0 Å². The van der Waals surface area contributed by atoms with E-state index in [0.717, 1.165) is 41.7 Å². The zero-order valence-electron chi connectivity index (χ0n) is 18.2. The van der Waals surface area contributed by atoms with Crippen LogP contribution < -0.4 is 10.2 Å². The van der Waals surface area contributed by atoms with Crippen molar-refractivity contribution in [2.75, 3.05) is 5.75 Å². The van der Waals surface area contributed by atoms with Gasteiger partial charge in [-0.1, -0.05) is 48.4 Å². The first-order valence-electron chi connectivity index (χ1n) is 10.4. The lowest BCUT2D eigenvalue weighted by atomic mass is 10.1. The van der Waals surface area contributed by atoms with E-state index in [9.17, 15) is 9.59 Å². The van der Waals surface area contributed by atoms with Gasteiger partial charge in [-0.15, -0.1) is 6.42 Å². The lowest BCUT2D eigenvalue weighted by molar-refractivity contribution is -0.121. The van der Waals surface area contributed by atoms with Crippen molar-refractivity contribution in [1.29, 1.82) is 0 Å². The molecule has 2 aromatic carbocycles. The number of hydrogen-bond donors (Lipinski definition) is 2. The van der Waals surface area contributed by atoms with E-state index in [1.54, 1.807) is 25.3 Å². The molecule has 2 rings (SSSR count). The van der Waals surface area contributed by atoms with Gasteiger partial charge in [0, 0.05) is 24.7 Å². The number of terminal acetylenes is 1. The number of unbranched alkanes of at least 4 members (excludes halogenated alkanes) is 2. The molecule has 0 heterocycles. The number of benzene rings is 2. The van der Waals surface area contributed by atoms with Crippen LogP contribution in [0.4, 0.5) is 0 Å². The molecule has 1 N–H and O–H groups in total. The number of thioether (sulfide) groups is 1. The number of nitrogens with one attached hydrogen (secondary N) is 1. The molecule has 0 saturated carbocycles. The Morgan fingerprint density at radius 1 is 1.19 bits per heavy atom. The third-order valence-corrected chi connectivity index (χ3v) is 5.60. The second-order valence-electron chi connectivity index (χ2n) is 7.15. The molecule has 0 aliphatic heterocycles. The van der Waals surface area contributed by atoms with Gasteiger partial charge in [0.1, 0.15) is 12.4 Å². The number of hydrazone groups is 1. The molecule has 5 nitrogen and oxygen atoms in total. The molecule has 2 aromatic rings. The van der Waals surface area contributed by atoms with Gasteiger partial charge in [-0.05, 0) is 53.5 Å². The third kappa shape index (κ3) is 10.1. The minimum atomic E-state index is -0.118. The number of ether oxygens (including phenoxy) is 1. The molecule has 0 fully saturated rings.